The van der Waals surface area contributed by atoms with Crippen LogP contribution in [-0.4, -0.2) is 17.7 Å². The number of pyridine rings is 1. The lowest BCUT2D eigenvalue weighted by Crippen LogP contribution is -2.30. The average Bonchev–Trinajstić information content (AvgIpc) is 2.26. The molecule has 0 bridgehead atoms. The number of anilines is 1. The molecule has 6 heteroatoms. The normalized spacial score (nSPS) is 17.5. The van der Waals surface area contributed by atoms with Crippen LogP contribution in [0.3, 0.4) is 0 Å². The number of nitrogens with two attached hydrogens (primary N) is 1. The van der Waals surface area contributed by atoms with Gasteiger partial charge in [-0.05, 0) is 25.0 Å². The smallest absolute Gasteiger partial charge is 0.384 e. The molecule has 16 heavy (non-hydrogen) atoms. The molecule has 0 radical (unpaired) electrons. The van der Waals surface area contributed by atoms with Gasteiger partial charge in [0.15, 0.2) is 0 Å². The Balaban J connectivity index is 2.30. The minimum Gasteiger partial charge on any atom is -0.384 e. The number of aromatic nitrogens is 1. The van der Waals surface area contributed by atoms with E-state index in [0.29, 0.717) is 12.1 Å². The molecule has 0 unspecified atom stereocenters. The summed E-state index contributed by atoms with van der Waals surface area (Å²) < 4.78 is 37.2. The zero-order valence-electron chi connectivity index (χ0n) is 8.51. The first kappa shape index (κ1) is 11.2. The van der Waals surface area contributed by atoms with Gasteiger partial charge in [-0.1, -0.05) is 0 Å². The first-order chi connectivity index (χ1) is 7.48. The van der Waals surface area contributed by atoms with Gasteiger partial charge in [0.2, 0.25) is 0 Å². The molecular weight excluding hydrogens is 219 g/mol. The van der Waals surface area contributed by atoms with E-state index in [-0.39, 0.29) is 5.69 Å². The zero-order chi connectivity index (χ0) is 11.8. The number of aryl methyl sites for hydroxylation is 1. The molecule has 3 nitrogen and oxygen atoms in total. The summed E-state index contributed by atoms with van der Waals surface area (Å²) in [7, 11) is 0. The Morgan fingerprint density at radius 2 is 2.12 bits per heavy atom. The molecule has 0 fully saturated rings. The number of halogens is 3. The molecular formula is C10H12F3N3. The van der Waals surface area contributed by atoms with E-state index in [1.54, 1.807) is 6.07 Å². The third kappa shape index (κ3) is 2.11. The second-order valence-electron chi connectivity index (χ2n) is 3.78. The molecule has 1 aliphatic rings. The molecule has 1 atom stereocenters. The SMILES string of the molecule is N[C@@H](c1ccc2c(n1)CCCN2)C(F)(F)F. The maximum absolute atomic E-state index is 12.4. The van der Waals surface area contributed by atoms with Crippen LogP contribution in [0.5, 0.6) is 0 Å². The van der Waals surface area contributed by atoms with Crippen LogP contribution in [0.15, 0.2) is 12.1 Å². The van der Waals surface area contributed by atoms with Gasteiger partial charge in [-0.25, -0.2) is 0 Å². The van der Waals surface area contributed by atoms with E-state index in [4.69, 9.17) is 5.73 Å². The quantitative estimate of drug-likeness (QED) is 0.777. The van der Waals surface area contributed by atoms with Crippen molar-refractivity contribution in [3.8, 4) is 0 Å². The average molecular weight is 231 g/mol. The summed E-state index contributed by atoms with van der Waals surface area (Å²) in [6.07, 6.45) is -2.87. The Morgan fingerprint density at radius 3 is 2.81 bits per heavy atom. The topological polar surface area (TPSA) is 50.9 Å². The second kappa shape index (κ2) is 3.93. The van der Waals surface area contributed by atoms with E-state index < -0.39 is 12.2 Å². The van der Waals surface area contributed by atoms with Gasteiger partial charge in [-0.2, -0.15) is 13.2 Å². The zero-order valence-corrected chi connectivity index (χ0v) is 8.51. The van der Waals surface area contributed by atoms with E-state index in [0.717, 1.165) is 18.7 Å². The number of nitrogens with one attached hydrogen (secondary N) is 1. The van der Waals surface area contributed by atoms with Gasteiger partial charge in [0.25, 0.3) is 0 Å². The summed E-state index contributed by atoms with van der Waals surface area (Å²) in [6.45, 7) is 0.833. The highest BCUT2D eigenvalue weighted by molar-refractivity contribution is 5.50. The fraction of sp³-hybridized carbons (Fsp3) is 0.500. The van der Waals surface area contributed by atoms with Crippen molar-refractivity contribution >= 4 is 5.69 Å². The predicted octanol–water partition coefficient (Wildman–Crippen LogP) is 2.00. The summed E-state index contributed by atoms with van der Waals surface area (Å²) >= 11 is 0. The highest BCUT2D eigenvalue weighted by atomic mass is 19.4. The molecule has 3 N–H and O–H groups in total. The third-order valence-electron chi connectivity index (χ3n) is 2.57. The monoisotopic (exact) mass is 231 g/mol. The van der Waals surface area contributed by atoms with Gasteiger partial charge in [0.05, 0.1) is 17.1 Å². The second-order valence-corrected chi connectivity index (χ2v) is 3.78. The minimum atomic E-state index is -4.44. The molecule has 0 saturated heterocycles. The van der Waals surface area contributed by atoms with E-state index in [1.165, 1.54) is 6.07 Å². The summed E-state index contributed by atoms with van der Waals surface area (Å²) in [5.74, 6) is 0. The molecule has 2 heterocycles. The standard InChI is InChI=1S/C10H12F3N3/c11-10(12,13)9(14)8-4-3-6-7(16-8)2-1-5-15-6/h3-4,9,15H,1-2,5,14H2/t9-/m0/s1. The highest BCUT2D eigenvalue weighted by Gasteiger charge is 2.39. The Labute approximate surface area is 90.9 Å². The van der Waals surface area contributed by atoms with Crippen LogP contribution in [0, 0.1) is 0 Å². The summed E-state index contributed by atoms with van der Waals surface area (Å²) in [5.41, 5.74) is 6.46. The number of rotatable bonds is 1. The molecule has 0 aromatic carbocycles. The van der Waals surface area contributed by atoms with Crippen molar-refractivity contribution in [1.82, 2.24) is 4.98 Å². The molecule has 0 spiro atoms. The van der Waals surface area contributed by atoms with Crippen molar-refractivity contribution < 1.29 is 13.2 Å². The van der Waals surface area contributed by atoms with E-state index in [9.17, 15) is 13.2 Å². The van der Waals surface area contributed by atoms with E-state index in [2.05, 4.69) is 10.3 Å². The van der Waals surface area contributed by atoms with Crippen LogP contribution < -0.4 is 11.1 Å². The molecule has 0 aliphatic carbocycles. The summed E-state index contributed by atoms with van der Waals surface area (Å²) in [4.78, 5) is 3.97. The lowest BCUT2D eigenvalue weighted by Gasteiger charge is -2.20. The molecule has 0 saturated carbocycles. The van der Waals surface area contributed by atoms with Gasteiger partial charge in [0, 0.05) is 6.54 Å². The highest BCUT2D eigenvalue weighted by Crippen LogP contribution is 2.31. The van der Waals surface area contributed by atoms with Crippen LogP contribution in [0.4, 0.5) is 18.9 Å². The molecule has 88 valence electrons. The lowest BCUT2D eigenvalue weighted by molar-refractivity contribution is -0.150. The molecule has 1 aromatic rings. The van der Waals surface area contributed by atoms with Gasteiger partial charge in [0.1, 0.15) is 6.04 Å². The van der Waals surface area contributed by atoms with Gasteiger partial charge < -0.3 is 11.1 Å². The van der Waals surface area contributed by atoms with Crippen molar-refractivity contribution in [3.63, 3.8) is 0 Å². The van der Waals surface area contributed by atoms with Crippen LogP contribution >= 0.6 is 0 Å². The van der Waals surface area contributed by atoms with Crippen molar-refractivity contribution in [3.05, 3.63) is 23.5 Å². The Hall–Kier alpha value is -1.30. The lowest BCUT2D eigenvalue weighted by atomic mass is 10.1. The maximum atomic E-state index is 12.4. The fourth-order valence-corrected chi connectivity index (χ4v) is 1.69. The Kier molecular flexibility index (Phi) is 2.75. The van der Waals surface area contributed by atoms with Crippen LogP contribution in [0.2, 0.25) is 0 Å². The molecule has 1 aliphatic heterocycles. The largest absolute Gasteiger partial charge is 0.409 e. The number of alkyl halides is 3. The number of hydrogen-bond acceptors (Lipinski definition) is 3. The molecule has 0 amide bonds. The Bertz CT molecular complexity index is 389. The van der Waals surface area contributed by atoms with Crippen LogP contribution in [0.1, 0.15) is 23.9 Å². The van der Waals surface area contributed by atoms with E-state index in [1.807, 2.05) is 0 Å². The van der Waals surface area contributed by atoms with Crippen molar-refractivity contribution in [2.45, 2.75) is 25.1 Å². The minimum absolute atomic E-state index is 0.116. The predicted molar refractivity (Wildman–Crippen MR) is 54.0 cm³/mol. The third-order valence-corrected chi connectivity index (χ3v) is 2.57. The fourth-order valence-electron chi connectivity index (χ4n) is 1.69. The maximum Gasteiger partial charge on any atom is 0.409 e. The van der Waals surface area contributed by atoms with Crippen LogP contribution in [0.25, 0.3) is 0 Å². The first-order valence-corrected chi connectivity index (χ1v) is 5.04. The van der Waals surface area contributed by atoms with Gasteiger partial charge >= 0.3 is 6.18 Å². The van der Waals surface area contributed by atoms with E-state index >= 15 is 0 Å². The van der Waals surface area contributed by atoms with Crippen molar-refractivity contribution in [2.24, 2.45) is 5.73 Å². The van der Waals surface area contributed by atoms with Gasteiger partial charge in [-0.15, -0.1) is 0 Å². The molecule has 2 rings (SSSR count). The Morgan fingerprint density at radius 1 is 1.38 bits per heavy atom. The van der Waals surface area contributed by atoms with Crippen LogP contribution in [-0.2, 0) is 6.42 Å². The molecule has 1 aromatic heterocycles. The number of fused-ring (bicyclic) bond motifs is 1. The summed E-state index contributed by atoms with van der Waals surface area (Å²) in [5, 5.41) is 3.08. The number of nitrogens with zero attached hydrogens (tertiary/aromatic N) is 1. The number of hydrogen-bond donors (Lipinski definition) is 2. The summed E-state index contributed by atoms with van der Waals surface area (Å²) in [6, 6.07) is 0.942. The van der Waals surface area contributed by atoms with Gasteiger partial charge in [-0.3, -0.25) is 4.98 Å². The first-order valence-electron chi connectivity index (χ1n) is 5.04. The van der Waals surface area contributed by atoms with Crippen molar-refractivity contribution in [2.75, 3.05) is 11.9 Å². The van der Waals surface area contributed by atoms with Crippen molar-refractivity contribution in [1.29, 1.82) is 0 Å².